The van der Waals surface area contributed by atoms with Gasteiger partial charge in [-0.1, -0.05) is 42.5 Å². The standard InChI is InChI=1S/C29H25F6N3O3/c1-18(25-36-24-11-7-6-10-23(24)27(40)38(25)17-19-8-4-3-5-9-19)37(12-13-41-2)26(39)20-14-21(28(30,31)32)16-22(15-20)29(33,34)35/h3-11,14-16,18H,12-13,17H2,1-2H3. The maximum absolute atomic E-state index is 13.7. The highest BCUT2D eigenvalue weighted by Gasteiger charge is 2.38. The van der Waals surface area contributed by atoms with Crippen molar-refractivity contribution in [3.63, 3.8) is 0 Å². The second-order valence-electron chi connectivity index (χ2n) is 9.33. The van der Waals surface area contributed by atoms with E-state index in [9.17, 15) is 35.9 Å². The summed E-state index contributed by atoms with van der Waals surface area (Å²) in [5.41, 5.74) is -3.39. The third-order valence-electron chi connectivity index (χ3n) is 6.55. The fourth-order valence-corrected chi connectivity index (χ4v) is 4.47. The Balaban J connectivity index is 1.87. The van der Waals surface area contributed by atoms with Crippen LogP contribution in [0.25, 0.3) is 10.9 Å². The second kappa shape index (κ2) is 11.7. The molecule has 0 N–H and O–H groups in total. The van der Waals surface area contributed by atoms with Crippen molar-refractivity contribution in [3.8, 4) is 0 Å². The normalized spacial score (nSPS) is 12.9. The Morgan fingerprint density at radius 2 is 1.51 bits per heavy atom. The van der Waals surface area contributed by atoms with E-state index in [1.807, 2.05) is 0 Å². The fourth-order valence-electron chi connectivity index (χ4n) is 4.47. The highest BCUT2D eigenvalue weighted by molar-refractivity contribution is 5.95. The van der Waals surface area contributed by atoms with Crippen molar-refractivity contribution in [1.29, 1.82) is 0 Å². The molecule has 0 radical (unpaired) electrons. The van der Waals surface area contributed by atoms with Gasteiger partial charge < -0.3 is 9.64 Å². The Labute approximate surface area is 230 Å². The van der Waals surface area contributed by atoms with Crippen LogP contribution in [-0.2, 0) is 23.6 Å². The van der Waals surface area contributed by atoms with Gasteiger partial charge in [0.15, 0.2) is 0 Å². The number of rotatable bonds is 8. The molecule has 0 aliphatic heterocycles. The van der Waals surface area contributed by atoms with Crippen molar-refractivity contribution in [2.45, 2.75) is 31.9 Å². The monoisotopic (exact) mass is 577 g/mol. The number of alkyl halides is 6. The number of para-hydroxylation sites is 1. The molecular weight excluding hydrogens is 552 g/mol. The van der Waals surface area contributed by atoms with Crippen LogP contribution in [0.5, 0.6) is 0 Å². The van der Waals surface area contributed by atoms with Crippen molar-refractivity contribution < 1.29 is 35.9 Å². The van der Waals surface area contributed by atoms with Gasteiger partial charge in [0.1, 0.15) is 5.82 Å². The van der Waals surface area contributed by atoms with Gasteiger partial charge in [-0.25, -0.2) is 4.98 Å². The second-order valence-corrected chi connectivity index (χ2v) is 9.33. The maximum Gasteiger partial charge on any atom is 0.416 e. The first-order valence-electron chi connectivity index (χ1n) is 12.4. The Bertz CT molecular complexity index is 1570. The highest BCUT2D eigenvalue weighted by atomic mass is 19.4. The van der Waals surface area contributed by atoms with Crippen LogP contribution < -0.4 is 5.56 Å². The van der Waals surface area contributed by atoms with Crippen LogP contribution in [-0.4, -0.2) is 40.6 Å². The Morgan fingerprint density at radius 3 is 2.10 bits per heavy atom. The summed E-state index contributed by atoms with van der Waals surface area (Å²) in [4.78, 5) is 32.9. The summed E-state index contributed by atoms with van der Waals surface area (Å²) < 4.78 is 87.5. The molecule has 4 aromatic rings. The van der Waals surface area contributed by atoms with E-state index in [4.69, 9.17) is 4.74 Å². The number of benzene rings is 3. The molecule has 3 aromatic carbocycles. The zero-order chi connectivity index (χ0) is 29.9. The maximum atomic E-state index is 13.7. The van der Waals surface area contributed by atoms with Crippen LogP contribution >= 0.6 is 0 Å². The predicted octanol–water partition coefficient (Wildman–Crippen LogP) is 6.33. The van der Waals surface area contributed by atoms with Gasteiger partial charge in [0.2, 0.25) is 0 Å². The van der Waals surface area contributed by atoms with Crippen molar-refractivity contribution in [2.24, 2.45) is 0 Å². The van der Waals surface area contributed by atoms with Crippen LogP contribution in [0.4, 0.5) is 26.3 Å². The molecule has 1 amide bonds. The van der Waals surface area contributed by atoms with Crippen LogP contribution in [0.1, 0.15) is 45.8 Å². The summed E-state index contributed by atoms with van der Waals surface area (Å²) in [6, 6.07) is 15.1. The van der Waals surface area contributed by atoms with Crippen molar-refractivity contribution in [2.75, 3.05) is 20.3 Å². The molecule has 0 saturated heterocycles. The lowest BCUT2D eigenvalue weighted by atomic mass is 10.0. The molecule has 216 valence electrons. The van der Waals surface area contributed by atoms with Crippen LogP contribution in [0, 0.1) is 0 Å². The van der Waals surface area contributed by atoms with E-state index in [-0.39, 0.29) is 31.6 Å². The summed E-state index contributed by atoms with van der Waals surface area (Å²) in [6.45, 7) is 1.27. The number of hydrogen-bond acceptors (Lipinski definition) is 4. The molecule has 0 saturated carbocycles. The molecule has 1 heterocycles. The average molecular weight is 578 g/mol. The molecule has 0 aliphatic rings. The van der Waals surface area contributed by atoms with Gasteiger partial charge in [-0.15, -0.1) is 0 Å². The number of halogens is 6. The summed E-state index contributed by atoms with van der Waals surface area (Å²) in [5, 5.41) is 0.307. The molecule has 12 heteroatoms. The van der Waals surface area contributed by atoms with E-state index in [1.54, 1.807) is 54.6 Å². The number of carbonyl (C=O) groups excluding carboxylic acids is 1. The number of fused-ring (bicyclic) bond motifs is 1. The fraction of sp³-hybridized carbons (Fsp3) is 0.276. The number of methoxy groups -OCH3 is 1. The van der Waals surface area contributed by atoms with Crippen LogP contribution in [0.2, 0.25) is 0 Å². The minimum absolute atomic E-state index is 0.0396. The quantitative estimate of drug-likeness (QED) is 0.230. The van der Waals surface area contributed by atoms with E-state index in [0.717, 1.165) is 10.5 Å². The number of nitrogens with zero attached hydrogens (tertiary/aromatic N) is 3. The molecule has 1 atom stereocenters. The first kappa shape index (κ1) is 29.8. The van der Waals surface area contributed by atoms with E-state index in [2.05, 4.69) is 4.98 Å². The lowest BCUT2D eigenvalue weighted by Crippen LogP contribution is -2.40. The topological polar surface area (TPSA) is 64.4 Å². The molecule has 1 aromatic heterocycles. The Kier molecular flexibility index (Phi) is 8.52. The van der Waals surface area contributed by atoms with Gasteiger partial charge in [0.25, 0.3) is 11.5 Å². The molecule has 0 bridgehead atoms. The molecule has 41 heavy (non-hydrogen) atoms. The average Bonchev–Trinajstić information content (AvgIpc) is 2.93. The zero-order valence-electron chi connectivity index (χ0n) is 22.0. The molecule has 1 unspecified atom stereocenters. The minimum Gasteiger partial charge on any atom is -0.383 e. The third-order valence-corrected chi connectivity index (χ3v) is 6.55. The summed E-state index contributed by atoms with van der Waals surface area (Å²) in [6.07, 6.45) is -10.3. The number of hydrogen-bond donors (Lipinski definition) is 0. The molecule has 4 rings (SSSR count). The smallest absolute Gasteiger partial charge is 0.383 e. The van der Waals surface area contributed by atoms with E-state index < -0.39 is 46.6 Å². The molecular formula is C29H25F6N3O3. The van der Waals surface area contributed by atoms with Crippen LogP contribution in [0.15, 0.2) is 77.6 Å². The Morgan fingerprint density at radius 1 is 0.927 bits per heavy atom. The molecule has 0 aliphatic carbocycles. The van der Waals surface area contributed by atoms with Gasteiger partial charge in [-0.3, -0.25) is 14.2 Å². The molecule has 6 nitrogen and oxygen atoms in total. The van der Waals surface area contributed by atoms with Gasteiger partial charge in [-0.05, 0) is 42.8 Å². The molecule has 0 spiro atoms. The van der Waals surface area contributed by atoms with Crippen LogP contribution in [0.3, 0.4) is 0 Å². The summed E-state index contributed by atoms with van der Waals surface area (Å²) in [7, 11) is 1.33. The predicted molar refractivity (Wildman–Crippen MR) is 139 cm³/mol. The van der Waals surface area contributed by atoms with Gasteiger partial charge in [0, 0.05) is 19.2 Å². The van der Waals surface area contributed by atoms with Gasteiger partial charge >= 0.3 is 12.4 Å². The number of carbonyl (C=O) groups is 1. The number of aromatic nitrogens is 2. The third kappa shape index (κ3) is 6.59. The van der Waals surface area contributed by atoms with E-state index >= 15 is 0 Å². The van der Waals surface area contributed by atoms with Gasteiger partial charge in [0.05, 0.1) is 41.2 Å². The first-order chi connectivity index (χ1) is 19.3. The first-order valence-corrected chi connectivity index (χ1v) is 12.4. The lowest BCUT2D eigenvalue weighted by molar-refractivity contribution is -0.143. The minimum atomic E-state index is -5.13. The van der Waals surface area contributed by atoms with Crippen molar-refractivity contribution >= 4 is 16.8 Å². The van der Waals surface area contributed by atoms with E-state index in [1.165, 1.54) is 18.6 Å². The van der Waals surface area contributed by atoms with E-state index in [0.29, 0.717) is 23.0 Å². The number of ether oxygens (including phenoxy) is 1. The van der Waals surface area contributed by atoms with Crippen molar-refractivity contribution in [3.05, 3.63) is 111 Å². The largest absolute Gasteiger partial charge is 0.416 e. The number of amides is 1. The summed E-state index contributed by atoms with van der Waals surface area (Å²) >= 11 is 0. The molecule has 0 fully saturated rings. The SMILES string of the molecule is COCCN(C(=O)c1cc(C(F)(F)F)cc(C(F)(F)F)c1)C(C)c1nc2ccccc2c(=O)n1Cc1ccccc1. The summed E-state index contributed by atoms with van der Waals surface area (Å²) in [5.74, 6) is -1.01. The van der Waals surface area contributed by atoms with Crippen molar-refractivity contribution in [1.82, 2.24) is 14.5 Å². The highest BCUT2D eigenvalue weighted by Crippen LogP contribution is 2.37. The zero-order valence-corrected chi connectivity index (χ0v) is 22.0. The lowest BCUT2D eigenvalue weighted by Gasteiger charge is -2.31. The van der Waals surface area contributed by atoms with Gasteiger partial charge in [-0.2, -0.15) is 26.3 Å². The Hall–Kier alpha value is -4.19.